The number of nitrogens with zero attached hydrogens (tertiary/aromatic N) is 5. The van der Waals surface area contributed by atoms with Crippen molar-refractivity contribution in [1.29, 1.82) is 0 Å². The molecular weight excluding hydrogens is 430 g/mol. The van der Waals surface area contributed by atoms with Gasteiger partial charge in [0.2, 0.25) is 0 Å². The van der Waals surface area contributed by atoms with Crippen LogP contribution in [0.25, 0.3) is 11.1 Å². The van der Waals surface area contributed by atoms with E-state index in [0.29, 0.717) is 22.6 Å². The van der Waals surface area contributed by atoms with Crippen molar-refractivity contribution in [1.82, 2.24) is 9.97 Å². The average molecular weight is 447 g/mol. The molecule has 166 valence electrons. The van der Waals surface area contributed by atoms with E-state index in [2.05, 4.69) is 15.1 Å². The molecule has 1 atom stereocenters. The Morgan fingerprint density at radius 1 is 1.12 bits per heavy atom. The van der Waals surface area contributed by atoms with Gasteiger partial charge in [0.05, 0.1) is 23.4 Å². The van der Waals surface area contributed by atoms with Gasteiger partial charge in [-0.25, -0.2) is 9.97 Å². The third kappa shape index (κ3) is 4.24. The maximum atomic E-state index is 13.1. The lowest BCUT2D eigenvalue weighted by molar-refractivity contribution is -0.384. The Labute approximate surface area is 187 Å². The second kappa shape index (κ2) is 8.83. The minimum absolute atomic E-state index is 0.0838. The van der Waals surface area contributed by atoms with Gasteiger partial charge in [-0.2, -0.15) is 10.1 Å². The van der Waals surface area contributed by atoms with Crippen LogP contribution in [0.3, 0.4) is 0 Å². The molecule has 0 fully saturated rings. The third-order valence-electron chi connectivity index (χ3n) is 4.93. The largest absolute Gasteiger partial charge is 0.496 e. The number of hydrogen-bond acceptors (Lipinski definition) is 9. The molecule has 0 saturated heterocycles. The van der Waals surface area contributed by atoms with Crippen LogP contribution in [0.2, 0.25) is 0 Å². The number of non-ortho nitro benzene ring substituents is 1. The molecule has 2 heterocycles. The van der Waals surface area contributed by atoms with Gasteiger partial charge < -0.3 is 9.47 Å². The molecule has 0 spiro atoms. The van der Waals surface area contributed by atoms with Gasteiger partial charge >= 0.3 is 5.97 Å². The fourth-order valence-electron chi connectivity index (χ4n) is 3.32. The highest BCUT2D eigenvalue weighted by atomic mass is 16.6. The zero-order valence-corrected chi connectivity index (χ0v) is 17.5. The number of hydrazone groups is 1. The van der Waals surface area contributed by atoms with Crippen molar-refractivity contribution >= 4 is 29.0 Å². The van der Waals surface area contributed by atoms with E-state index in [1.807, 2.05) is 0 Å². The summed E-state index contributed by atoms with van der Waals surface area (Å²) in [4.78, 5) is 44.0. The first-order valence-electron chi connectivity index (χ1n) is 9.67. The second-order valence-corrected chi connectivity index (χ2v) is 7.01. The van der Waals surface area contributed by atoms with E-state index >= 15 is 0 Å². The Kier molecular flexibility index (Phi) is 5.77. The topological polar surface area (TPSA) is 137 Å². The van der Waals surface area contributed by atoms with Gasteiger partial charge in [-0.1, -0.05) is 0 Å². The summed E-state index contributed by atoms with van der Waals surface area (Å²) in [7, 11) is 1.52. The van der Waals surface area contributed by atoms with Gasteiger partial charge in [0.25, 0.3) is 11.6 Å². The van der Waals surface area contributed by atoms with Crippen LogP contribution in [-0.4, -0.2) is 39.6 Å². The minimum atomic E-state index is -1.24. The van der Waals surface area contributed by atoms with Crippen molar-refractivity contribution in [2.75, 3.05) is 12.1 Å². The second-order valence-electron chi connectivity index (χ2n) is 7.01. The maximum Gasteiger partial charge on any atom is 0.329 e. The lowest BCUT2D eigenvalue weighted by atomic mass is 10.0. The number of anilines is 1. The van der Waals surface area contributed by atoms with Crippen LogP contribution in [0.1, 0.15) is 6.92 Å². The lowest BCUT2D eigenvalue weighted by Gasteiger charge is -2.16. The molecule has 33 heavy (non-hydrogen) atoms. The summed E-state index contributed by atoms with van der Waals surface area (Å²) in [6.07, 6.45) is 4.62. The quantitative estimate of drug-likeness (QED) is 0.185. The molecule has 11 heteroatoms. The number of benzene rings is 2. The number of esters is 1. The maximum absolute atomic E-state index is 13.1. The summed E-state index contributed by atoms with van der Waals surface area (Å²) < 4.78 is 10.7. The summed E-state index contributed by atoms with van der Waals surface area (Å²) in [5.74, 6) is -2.02. The van der Waals surface area contributed by atoms with Crippen molar-refractivity contribution in [2.45, 2.75) is 6.92 Å². The molecule has 0 N–H and O–H groups in total. The monoisotopic (exact) mass is 447 g/mol. The van der Waals surface area contributed by atoms with Crippen molar-refractivity contribution in [3.05, 3.63) is 71.3 Å². The van der Waals surface area contributed by atoms with E-state index in [4.69, 9.17) is 9.47 Å². The summed E-state index contributed by atoms with van der Waals surface area (Å²) in [5, 5.41) is 16.2. The molecule has 0 bridgehead atoms. The highest BCUT2D eigenvalue weighted by Gasteiger charge is 2.41. The Morgan fingerprint density at radius 2 is 1.82 bits per heavy atom. The number of rotatable bonds is 6. The van der Waals surface area contributed by atoms with Gasteiger partial charge in [0, 0.05) is 35.7 Å². The summed E-state index contributed by atoms with van der Waals surface area (Å²) >= 11 is 0. The molecule has 1 aliphatic heterocycles. The highest BCUT2D eigenvalue weighted by Crippen LogP contribution is 2.35. The van der Waals surface area contributed by atoms with Crippen LogP contribution in [0.4, 0.5) is 11.4 Å². The smallest absolute Gasteiger partial charge is 0.329 e. The first-order chi connectivity index (χ1) is 15.9. The predicted molar refractivity (Wildman–Crippen MR) is 117 cm³/mol. The van der Waals surface area contributed by atoms with E-state index in [1.165, 1.54) is 37.7 Å². The molecule has 1 unspecified atom stereocenters. The lowest BCUT2D eigenvalue weighted by Crippen LogP contribution is -2.35. The van der Waals surface area contributed by atoms with E-state index in [-0.39, 0.29) is 17.1 Å². The van der Waals surface area contributed by atoms with Gasteiger partial charge in [-0.3, -0.25) is 19.7 Å². The SMILES string of the molecule is COc1ccc(N2N=C(C)C(C(=O)Oc3ccc([N+](=O)[O-])cc3)C2=O)cc1-c1cncnc1. The first-order valence-corrected chi connectivity index (χ1v) is 9.67. The molecule has 2 aromatic carbocycles. The molecule has 3 aromatic rings. The normalized spacial score (nSPS) is 15.2. The number of nitro groups is 1. The van der Waals surface area contributed by atoms with Crippen molar-refractivity contribution in [2.24, 2.45) is 11.0 Å². The number of nitro benzene ring substituents is 1. The molecule has 1 amide bonds. The molecule has 11 nitrogen and oxygen atoms in total. The van der Waals surface area contributed by atoms with E-state index in [1.54, 1.807) is 37.5 Å². The summed E-state index contributed by atoms with van der Waals surface area (Å²) in [6, 6.07) is 10.0. The van der Waals surface area contributed by atoms with Gasteiger partial charge in [0.1, 0.15) is 17.8 Å². The summed E-state index contributed by atoms with van der Waals surface area (Å²) in [5.41, 5.74) is 1.86. The van der Waals surface area contributed by atoms with Crippen LogP contribution >= 0.6 is 0 Å². The zero-order chi connectivity index (χ0) is 23.5. The Balaban J connectivity index is 1.57. The first kappa shape index (κ1) is 21.6. The highest BCUT2D eigenvalue weighted by molar-refractivity contribution is 6.25. The van der Waals surface area contributed by atoms with Gasteiger partial charge in [-0.15, -0.1) is 0 Å². The molecule has 0 radical (unpaired) electrons. The Morgan fingerprint density at radius 3 is 2.45 bits per heavy atom. The van der Waals surface area contributed by atoms with Crippen molar-refractivity contribution < 1.29 is 24.0 Å². The predicted octanol–water partition coefficient (Wildman–Crippen LogP) is 3.00. The standard InChI is InChI=1S/C22H17N5O6/c1-13-20(22(29)33-17-6-3-15(4-7-17)27(30)31)21(28)26(25-13)16-5-8-19(32-2)18(9-16)14-10-23-12-24-11-14/h3-12,20H,1-2H3. The van der Waals surface area contributed by atoms with Crippen LogP contribution < -0.4 is 14.5 Å². The number of carbonyl (C=O) groups excluding carboxylic acids is 2. The van der Waals surface area contributed by atoms with Crippen LogP contribution in [0, 0.1) is 16.0 Å². The molecular formula is C22H17N5O6. The molecule has 0 saturated carbocycles. The van der Waals surface area contributed by atoms with Crippen LogP contribution in [0.5, 0.6) is 11.5 Å². The number of methoxy groups -OCH3 is 1. The summed E-state index contributed by atoms with van der Waals surface area (Å²) in [6.45, 7) is 1.55. The number of amides is 1. The number of aromatic nitrogens is 2. The van der Waals surface area contributed by atoms with Crippen molar-refractivity contribution in [3.8, 4) is 22.6 Å². The third-order valence-corrected chi connectivity index (χ3v) is 4.93. The van der Waals surface area contributed by atoms with Crippen LogP contribution in [-0.2, 0) is 9.59 Å². The number of ether oxygens (including phenoxy) is 2. The van der Waals surface area contributed by atoms with E-state index < -0.39 is 22.7 Å². The van der Waals surface area contributed by atoms with Crippen LogP contribution in [0.15, 0.2) is 66.3 Å². The van der Waals surface area contributed by atoms with Crippen molar-refractivity contribution in [3.63, 3.8) is 0 Å². The average Bonchev–Trinajstić information content (AvgIpc) is 3.13. The Bertz CT molecular complexity index is 1260. The minimum Gasteiger partial charge on any atom is -0.496 e. The molecule has 0 aliphatic carbocycles. The van der Waals surface area contributed by atoms with E-state index in [9.17, 15) is 19.7 Å². The Hall–Kier alpha value is -4.67. The fourth-order valence-corrected chi connectivity index (χ4v) is 3.32. The molecule has 1 aromatic heterocycles. The van der Waals surface area contributed by atoms with E-state index in [0.717, 1.165) is 5.01 Å². The number of hydrogen-bond donors (Lipinski definition) is 0. The van der Waals surface area contributed by atoms with Gasteiger partial charge in [0.15, 0.2) is 5.92 Å². The fraction of sp³-hybridized carbons (Fsp3) is 0.136. The van der Waals surface area contributed by atoms with Gasteiger partial charge in [-0.05, 0) is 37.3 Å². The number of carbonyl (C=O) groups is 2. The molecule has 4 rings (SSSR count). The molecule has 1 aliphatic rings. The zero-order valence-electron chi connectivity index (χ0n) is 17.5.